The summed E-state index contributed by atoms with van der Waals surface area (Å²) in [6, 6.07) is 2.02. The van der Waals surface area contributed by atoms with Gasteiger partial charge in [0.2, 0.25) is 0 Å². The molecule has 0 aromatic carbocycles. The van der Waals surface area contributed by atoms with Crippen molar-refractivity contribution in [3.63, 3.8) is 0 Å². The van der Waals surface area contributed by atoms with Crippen molar-refractivity contribution in [3.8, 4) is 0 Å². The molecule has 0 saturated heterocycles. The molecule has 1 atom stereocenters. The van der Waals surface area contributed by atoms with Crippen LogP contribution in [0.3, 0.4) is 0 Å². The summed E-state index contributed by atoms with van der Waals surface area (Å²) in [6.45, 7) is 2.96. The average Bonchev–Trinajstić information content (AvgIpc) is 2.65. The number of aliphatic hydroxyl groups is 1. The molecule has 2 rings (SSSR count). The van der Waals surface area contributed by atoms with E-state index in [-0.39, 0.29) is 6.10 Å². The van der Waals surface area contributed by atoms with Crippen LogP contribution in [0.5, 0.6) is 0 Å². The third-order valence-electron chi connectivity index (χ3n) is 2.68. The zero-order valence-corrected chi connectivity index (χ0v) is 8.48. The van der Waals surface area contributed by atoms with Crippen LogP contribution in [0.1, 0.15) is 31.9 Å². The van der Waals surface area contributed by atoms with E-state index in [1.165, 1.54) is 5.57 Å². The summed E-state index contributed by atoms with van der Waals surface area (Å²) in [4.78, 5) is 0. The van der Waals surface area contributed by atoms with E-state index in [1.54, 1.807) is 0 Å². The van der Waals surface area contributed by atoms with Gasteiger partial charge in [-0.15, -0.1) is 0 Å². The van der Waals surface area contributed by atoms with Crippen molar-refractivity contribution in [3.05, 3.63) is 24.0 Å². The van der Waals surface area contributed by atoms with E-state index in [9.17, 15) is 5.11 Å². The number of aliphatic hydroxyl groups excluding tert-OH is 1. The van der Waals surface area contributed by atoms with Crippen LogP contribution >= 0.6 is 0 Å². The molecular weight excluding hydrogens is 176 g/mol. The van der Waals surface area contributed by atoms with Gasteiger partial charge < -0.3 is 5.11 Å². The van der Waals surface area contributed by atoms with Gasteiger partial charge in [-0.1, -0.05) is 6.08 Å². The summed E-state index contributed by atoms with van der Waals surface area (Å²) in [5.41, 5.74) is 2.40. The Morgan fingerprint density at radius 1 is 1.64 bits per heavy atom. The van der Waals surface area contributed by atoms with Gasteiger partial charge in [-0.05, 0) is 37.8 Å². The lowest BCUT2D eigenvalue weighted by Gasteiger charge is -2.17. The van der Waals surface area contributed by atoms with Gasteiger partial charge in [-0.2, -0.15) is 5.10 Å². The maximum Gasteiger partial charge on any atom is 0.0727 e. The third kappa shape index (κ3) is 1.73. The first-order valence-electron chi connectivity index (χ1n) is 5.22. The second-order valence-corrected chi connectivity index (χ2v) is 3.68. The minimum atomic E-state index is -0.265. The Labute approximate surface area is 84.1 Å². The predicted molar refractivity (Wildman–Crippen MR) is 55.7 cm³/mol. The number of nitrogens with zero attached hydrogens (tertiary/aromatic N) is 2. The molecule has 0 aliphatic heterocycles. The molecule has 1 aromatic heterocycles. The molecule has 14 heavy (non-hydrogen) atoms. The first-order chi connectivity index (χ1) is 6.81. The van der Waals surface area contributed by atoms with E-state index in [0.717, 1.165) is 31.5 Å². The second-order valence-electron chi connectivity index (χ2n) is 3.68. The van der Waals surface area contributed by atoms with Crippen molar-refractivity contribution in [1.82, 2.24) is 9.78 Å². The Kier molecular flexibility index (Phi) is 2.68. The molecule has 76 valence electrons. The molecule has 0 fully saturated rings. The largest absolute Gasteiger partial charge is 0.389 e. The number of rotatable bonds is 2. The highest BCUT2D eigenvalue weighted by Gasteiger charge is 2.14. The van der Waals surface area contributed by atoms with E-state index in [0.29, 0.717) is 0 Å². The number of hydrogen-bond acceptors (Lipinski definition) is 2. The molecule has 0 saturated carbocycles. The highest BCUT2D eigenvalue weighted by Crippen LogP contribution is 2.26. The lowest BCUT2D eigenvalue weighted by molar-refractivity contribution is 0.206. The first-order valence-corrected chi connectivity index (χ1v) is 5.22. The number of aromatic nitrogens is 2. The molecule has 1 N–H and O–H groups in total. The molecule has 1 heterocycles. The van der Waals surface area contributed by atoms with Crippen LogP contribution in [-0.4, -0.2) is 21.0 Å². The number of hydrogen-bond donors (Lipinski definition) is 1. The van der Waals surface area contributed by atoms with Crippen LogP contribution in [0.25, 0.3) is 5.57 Å². The van der Waals surface area contributed by atoms with E-state index in [4.69, 9.17) is 0 Å². The minimum absolute atomic E-state index is 0.265. The summed E-state index contributed by atoms with van der Waals surface area (Å²) in [6.07, 6.45) is 6.54. The van der Waals surface area contributed by atoms with Crippen molar-refractivity contribution in [2.24, 2.45) is 0 Å². The molecule has 1 aromatic rings. The smallest absolute Gasteiger partial charge is 0.0727 e. The van der Waals surface area contributed by atoms with E-state index < -0.39 is 0 Å². The predicted octanol–water partition coefficient (Wildman–Crippen LogP) is 1.83. The van der Waals surface area contributed by atoms with Crippen molar-refractivity contribution < 1.29 is 5.11 Å². The quantitative estimate of drug-likeness (QED) is 0.776. The summed E-state index contributed by atoms with van der Waals surface area (Å²) in [7, 11) is 0. The minimum Gasteiger partial charge on any atom is -0.389 e. The SMILES string of the molecule is CCn1nccc1C1=CC(O)CCC1. The summed E-state index contributed by atoms with van der Waals surface area (Å²) in [5.74, 6) is 0. The van der Waals surface area contributed by atoms with Gasteiger partial charge in [-0.25, -0.2) is 0 Å². The van der Waals surface area contributed by atoms with Gasteiger partial charge in [0.05, 0.1) is 11.8 Å². The maximum atomic E-state index is 9.54. The van der Waals surface area contributed by atoms with E-state index >= 15 is 0 Å². The molecule has 0 amide bonds. The maximum absolute atomic E-state index is 9.54. The molecule has 1 aliphatic carbocycles. The lowest BCUT2D eigenvalue weighted by Crippen LogP contribution is -2.11. The summed E-state index contributed by atoms with van der Waals surface area (Å²) >= 11 is 0. The van der Waals surface area contributed by atoms with Crippen LogP contribution in [-0.2, 0) is 6.54 Å². The van der Waals surface area contributed by atoms with Crippen LogP contribution < -0.4 is 0 Å². The Hall–Kier alpha value is -1.09. The molecule has 0 spiro atoms. The van der Waals surface area contributed by atoms with Gasteiger partial charge in [0.25, 0.3) is 0 Å². The molecule has 1 aliphatic rings. The van der Waals surface area contributed by atoms with Gasteiger partial charge in [0.1, 0.15) is 0 Å². The zero-order chi connectivity index (χ0) is 9.97. The fourth-order valence-electron chi connectivity index (χ4n) is 1.97. The number of aryl methyl sites for hydroxylation is 1. The fraction of sp³-hybridized carbons (Fsp3) is 0.545. The van der Waals surface area contributed by atoms with Crippen molar-refractivity contribution in [1.29, 1.82) is 0 Å². The van der Waals surface area contributed by atoms with Gasteiger partial charge >= 0.3 is 0 Å². The van der Waals surface area contributed by atoms with Gasteiger partial charge in [0.15, 0.2) is 0 Å². The molecule has 3 nitrogen and oxygen atoms in total. The van der Waals surface area contributed by atoms with Crippen LogP contribution in [0.2, 0.25) is 0 Å². The summed E-state index contributed by atoms with van der Waals surface area (Å²) in [5, 5.41) is 13.8. The molecule has 0 radical (unpaired) electrons. The molecule has 1 unspecified atom stereocenters. The second kappa shape index (κ2) is 3.96. The summed E-state index contributed by atoms with van der Waals surface area (Å²) < 4.78 is 1.98. The third-order valence-corrected chi connectivity index (χ3v) is 2.68. The van der Waals surface area contributed by atoms with E-state index in [1.807, 2.05) is 23.0 Å². The lowest BCUT2D eigenvalue weighted by atomic mass is 9.95. The Morgan fingerprint density at radius 3 is 3.21 bits per heavy atom. The Bertz CT molecular complexity index is 341. The van der Waals surface area contributed by atoms with Crippen LogP contribution in [0, 0.1) is 0 Å². The fourth-order valence-corrected chi connectivity index (χ4v) is 1.97. The van der Waals surface area contributed by atoms with Crippen molar-refractivity contribution in [2.75, 3.05) is 0 Å². The zero-order valence-electron chi connectivity index (χ0n) is 8.48. The Morgan fingerprint density at radius 2 is 2.50 bits per heavy atom. The molecule has 0 bridgehead atoms. The van der Waals surface area contributed by atoms with Crippen molar-refractivity contribution in [2.45, 2.75) is 38.8 Å². The van der Waals surface area contributed by atoms with Crippen LogP contribution in [0.15, 0.2) is 18.3 Å². The molecule has 3 heteroatoms. The standard InChI is InChI=1S/C11H16N2O/c1-2-13-11(6-7-12-13)9-4-3-5-10(14)8-9/h6-8,10,14H,2-5H2,1H3. The van der Waals surface area contributed by atoms with Crippen LogP contribution in [0.4, 0.5) is 0 Å². The average molecular weight is 192 g/mol. The normalized spacial score (nSPS) is 22.1. The number of allylic oxidation sites excluding steroid dienone is 1. The highest BCUT2D eigenvalue weighted by molar-refractivity contribution is 5.63. The van der Waals surface area contributed by atoms with Gasteiger partial charge in [0, 0.05) is 12.7 Å². The van der Waals surface area contributed by atoms with Gasteiger partial charge in [-0.3, -0.25) is 4.68 Å². The van der Waals surface area contributed by atoms with E-state index in [2.05, 4.69) is 12.0 Å². The monoisotopic (exact) mass is 192 g/mol. The Balaban J connectivity index is 2.29. The van der Waals surface area contributed by atoms with Crippen molar-refractivity contribution >= 4 is 5.57 Å². The molecular formula is C11H16N2O. The first kappa shape index (κ1) is 9.46. The highest BCUT2D eigenvalue weighted by atomic mass is 16.3. The topological polar surface area (TPSA) is 38.0 Å².